The summed E-state index contributed by atoms with van der Waals surface area (Å²) in [4.78, 5) is 73.5. The number of phenolic OH excluding ortho intramolecular Hbond substituents is 2. The van der Waals surface area contributed by atoms with Gasteiger partial charge in [-0.2, -0.15) is 15.0 Å². The molecule has 7 rings (SSSR count). The van der Waals surface area contributed by atoms with Crippen molar-refractivity contribution >= 4 is 54.0 Å². The Kier molecular flexibility index (Phi) is 22.6. The highest BCUT2D eigenvalue weighted by Gasteiger charge is 2.34. The van der Waals surface area contributed by atoms with Crippen LogP contribution in [-0.2, 0) is 46.2 Å². The van der Waals surface area contributed by atoms with Gasteiger partial charge in [-0.1, -0.05) is 40.6 Å². The largest absolute Gasteiger partial charge is 0.508 e. The molecule has 5 heterocycles. The van der Waals surface area contributed by atoms with E-state index in [1.807, 2.05) is 9.80 Å². The lowest BCUT2D eigenvalue weighted by atomic mass is 10.0. The van der Waals surface area contributed by atoms with E-state index in [1.54, 1.807) is 70.7 Å². The number of halogens is 1. The molecule has 78 heavy (non-hydrogen) atoms. The van der Waals surface area contributed by atoms with Crippen LogP contribution in [0.1, 0.15) is 72.4 Å². The summed E-state index contributed by atoms with van der Waals surface area (Å²) >= 11 is 0. The van der Waals surface area contributed by atoms with Crippen LogP contribution in [0.15, 0.2) is 60.9 Å². The van der Waals surface area contributed by atoms with Gasteiger partial charge in [0.2, 0.25) is 29.7 Å². The van der Waals surface area contributed by atoms with E-state index in [0.717, 1.165) is 11.1 Å². The van der Waals surface area contributed by atoms with E-state index in [4.69, 9.17) is 47.1 Å². The fourth-order valence-electron chi connectivity index (χ4n) is 8.66. The lowest BCUT2D eigenvalue weighted by molar-refractivity contribution is -0.140. The van der Waals surface area contributed by atoms with E-state index in [-0.39, 0.29) is 100 Å². The number of aromatic nitrogens is 9. The normalized spacial score (nSPS) is 15.2. The highest BCUT2D eigenvalue weighted by atomic mass is 35.5. The molecule has 420 valence electrons. The van der Waals surface area contributed by atoms with E-state index in [0.29, 0.717) is 102 Å². The zero-order valence-electron chi connectivity index (χ0n) is 43.0. The topological polar surface area (TPSA) is 354 Å². The van der Waals surface area contributed by atoms with Crippen LogP contribution in [0.2, 0.25) is 0 Å². The van der Waals surface area contributed by atoms with Gasteiger partial charge in [-0.3, -0.25) is 19.2 Å². The molecule has 0 spiro atoms. The number of anilines is 3. The molecule has 2 aliphatic heterocycles. The van der Waals surface area contributed by atoms with Gasteiger partial charge in [0, 0.05) is 71.7 Å². The van der Waals surface area contributed by atoms with Gasteiger partial charge in [-0.05, 0) is 61.1 Å². The first kappa shape index (κ1) is 59.5. The summed E-state index contributed by atoms with van der Waals surface area (Å²) in [6.07, 6.45) is 8.49. The number of phenols is 2. The van der Waals surface area contributed by atoms with Crippen LogP contribution in [0.25, 0.3) is 0 Å². The van der Waals surface area contributed by atoms with Gasteiger partial charge in [0.05, 0.1) is 68.9 Å². The number of ether oxygens (including phenoxy) is 3. The summed E-state index contributed by atoms with van der Waals surface area (Å²) in [5.41, 5.74) is 15.5. The van der Waals surface area contributed by atoms with Gasteiger partial charge in [0.15, 0.2) is 0 Å². The number of terminal acetylenes is 1. The molecule has 5 aromatic rings. The summed E-state index contributed by atoms with van der Waals surface area (Å²) in [5, 5.41) is 58.7. The van der Waals surface area contributed by atoms with Crippen LogP contribution in [-0.4, -0.2) is 197 Å². The number of benzene rings is 2. The molecule has 28 heteroatoms. The van der Waals surface area contributed by atoms with Gasteiger partial charge >= 0.3 is 11.9 Å². The second-order valence-electron chi connectivity index (χ2n) is 18.4. The average Bonchev–Trinajstić information content (AvgIpc) is 4.18. The van der Waals surface area contributed by atoms with Crippen molar-refractivity contribution in [3.05, 3.63) is 83.4 Å². The van der Waals surface area contributed by atoms with Gasteiger partial charge in [-0.15, -0.1) is 29.0 Å². The monoisotopic (exact) mass is 1100 g/mol. The van der Waals surface area contributed by atoms with Crippen LogP contribution in [0.5, 0.6) is 11.5 Å². The highest BCUT2D eigenvalue weighted by molar-refractivity contribution is 5.85. The molecule has 2 amide bonds. The molecular formula is C50H67ClN16O11. The maximum atomic E-state index is 14.2. The van der Waals surface area contributed by atoms with Crippen LogP contribution in [0.4, 0.5) is 17.8 Å². The molecule has 4 atom stereocenters. The molecular weight excluding hydrogens is 1040 g/mol. The Hall–Kier alpha value is -7.74. The fourth-order valence-corrected chi connectivity index (χ4v) is 8.66. The number of nitrogens with two attached hydrogens (primary N) is 2. The van der Waals surface area contributed by atoms with Gasteiger partial charge in [-0.25, -0.2) is 9.36 Å². The molecule has 2 fully saturated rings. The van der Waals surface area contributed by atoms with E-state index in [2.05, 4.69) is 31.9 Å². The first-order chi connectivity index (χ1) is 37.2. The number of aliphatic carboxylic acids is 2. The predicted molar refractivity (Wildman–Crippen MR) is 284 cm³/mol. The number of carbonyl (C=O) groups excluding carboxylic acids is 2. The number of piperazine rings is 2. The van der Waals surface area contributed by atoms with Crippen molar-refractivity contribution in [2.75, 3.05) is 114 Å². The maximum absolute atomic E-state index is 14.2. The van der Waals surface area contributed by atoms with E-state index in [9.17, 15) is 39.6 Å². The van der Waals surface area contributed by atoms with Gasteiger partial charge < -0.3 is 71.0 Å². The van der Waals surface area contributed by atoms with Crippen molar-refractivity contribution in [3.63, 3.8) is 0 Å². The number of hydrogen-bond acceptors (Lipinski definition) is 21. The van der Waals surface area contributed by atoms with E-state index in [1.165, 1.54) is 9.36 Å². The van der Waals surface area contributed by atoms with Gasteiger partial charge in [0.1, 0.15) is 30.2 Å². The second kappa shape index (κ2) is 29.7. The number of carboxylic acids is 2. The average molecular weight is 1100 g/mol. The highest BCUT2D eigenvalue weighted by Crippen LogP contribution is 2.26. The summed E-state index contributed by atoms with van der Waals surface area (Å²) in [6, 6.07) is 10.2. The molecule has 2 unspecified atom stereocenters. The van der Waals surface area contributed by atoms with E-state index < -0.39 is 36.1 Å². The Morgan fingerprint density at radius 3 is 1.44 bits per heavy atom. The zero-order chi connectivity index (χ0) is 54.7. The summed E-state index contributed by atoms with van der Waals surface area (Å²) < 4.78 is 19.2. The van der Waals surface area contributed by atoms with Gasteiger partial charge in [0.25, 0.3) is 0 Å². The molecule has 0 bridgehead atoms. The Bertz CT molecular complexity index is 2580. The lowest BCUT2D eigenvalue weighted by Crippen LogP contribution is -2.52. The van der Waals surface area contributed by atoms with Crippen molar-refractivity contribution in [3.8, 4) is 23.8 Å². The minimum absolute atomic E-state index is 0. The van der Waals surface area contributed by atoms with Crippen LogP contribution < -0.4 is 26.6 Å². The SMILES string of the molecule is C#CCOCCOCCOCCNc1nc(N2CCN(C(=O)[C@H](CCC(=O)O)n3cc(C(N)Cc4ccc(O)cc4)nn3)CC2)nc(N2CCN(C(=O)[C@H](CCC(=O)O)n3cc(C(N)Cc4ccc(O)cc4)nn3)CC2)n1.Cl. The number of rotatable bonds is 29. The molecule has 27 nitrogen and oxygen atoms in total. The van der Waals surface area contributed by atoms with E-state index >= 15 is 0 Å². The number of aromatic hydroxyl groups is 2. The molecule has 2 aromatic carbocycles. The molecule has 0 aliphatic carbocycles. The number of carboxylic acid groups (broad SMARTS) is 2. The third-order valence-corrected chi connectivity index (χ3v) is 12.9. The Balaban J connectivity index is 0.00000984. The fraction of sp³-hybridized carbons (Fsp3) is 0.500. The van der Waals surface area contributed by atoms with Crippen molar-refractivity contribution in [1.82, 2.24) is 54.7 Å². The summed E-state index contributed by atoms with van der Waals surface area (Å²) in [5.74, 6) is 0.821. The number of carbonyl (C=O) groups is 4. The minimum Gasteiger partial charge on any atom is -0.508 e. The summed E-state index contributed by atoms with van der Waals surface area (Å²) in [6.45, 7) is 4.60. The molecule has 2 aliphatic rings. The Morgan fingerprint density at radius 1 is 0.615 bits per heavy atom. The second-order valence-corrected chi connectivity index (χ2v) is 18.4. The molecule has 2 saturated heterocycles. The predicted octanol–water partition coefficient (Wildman–Crippen LogP) is 0.977. The number of nitrogens with zero attached hydrogens (tertiary/aromatic N) is 13. The first-order valence-electron chi connectivity index (χ1n) is 25.3. The molecule has 0 radical (unpaired) electrons. The smallest absolute Gasteiger partial charge is 0.303 e. The third kappa shape index (κ3) is 17.4. The van der Waals surface area contributed by atoms with Crippen LogP contribution in [0, 0.1) is 12.3 Å². The Morgan fingerprint density at radius 2 is 1.03 bits per heavy atom. The molecule has 0 saturated carbocycles. The summed E-state index contributed by atoms with van der Waals surface area (Å²) in [7, 11) is 0. The number of amides is 2. The number of hydrogen-bond donors (Lipinski definition) is 7. The molecule has 3 aromatic heterocycles. The van der Waals surface area contributed by atoms with Crippen molar-refractivity contribution in [2.24, 2.45) is 11.5 Å². The minimum atomic E-state index is -1.07. The van der Waals surface area contributed by atoms with Crippen LogP contribution in [0.3, 0.4) is 0 Å². The quantitative estimate of drug-likeness (QED) is 0.0259. The number of nitrogens with one attached hydrogen (secondary N) is 1. The van der Waals surface area contributed by atoms with Crippen molar-refractivity contribution in [2.45, 2.75) is 62.7 Å². The molecule has 9 N–H and O–H groups in total. The van der Waals surface area contributed by atoms with Crippen molar-refractivity contribution < 1.29 is 53.8 Å². The standard InChI is InChI=1S/C50H66N16O11.ClH/c1-2-24-75-26-28-77-29-27-76-25-15-53-48-54-49(63-20-16-61(17-21-63)46(73)42(11-13-44(69)70)65-32-40(57-59-65)38(51)30-34-3-7-36(67)8-4-34)56-50(55-48)64-22-18-62(19-23-64)47(74)43(12-14-45(71)72)66-33-41(58-60-66)39(52)31-35-5-9-37(68)10-6-35;/h1,3-10,32-33,38-39,42-43,67-68H,11-31,51-52H2,(H,69,70)(H,71,72)(H,53,54,55,56);1H/t38?,39?,42-,43-;/m0./s1. The van der Waals surface area contributed by atoms with Crippen LogP contribution >= 0.6 is 12.4 Å². The van der Waals surface area contributed by atoms with Crippen molar-refractivity contribution in [1.29, 1.82) is 0 Å². The zero-order valence-corrected chi connectivity index (χ0v) is 43.8. The first-order valence-corrected chi connectivity index (χ1v) is 25.3. The Labute approximate surface area is 456 Å². The maximum Gasteiger partial charge on any atom is 0.303 e. The third-order valence-electron chi connectivity index (χ3n) is 12.9. The lowest BCUT2D eigenvalue weighted by Gasteiger charge is -2.38.